The van der Waals surface area contributed by atoms with Crippen molar-refractivity contribution >= 4 is 38.4 Å². The summed E-state index contributed by atoms with van der Waals surface area (Å²) in [6, 6.07) is 5.97. The molecule has 1 aromatic heterocycles. The number of benzene rings is 1. The van der Waals surface area contributed by atoms with E-state index in [0.717, 1.165) is 24.4 Å². The lowest BCUT2D eigenvalue weighted by atomic mass is 10.1. The number of sulfonamides is 1. The van der Waals surface area contributed by atoms with Crippen LogP contribution in [-0.2, 0) is 14.8 Å². The van der Waals surface area contributed by atoms with Crippen LogP contribution in [0, 0.1) is 0 Å². The van der Waals surface area contributed by atoms with E-state index in [1.54, 1.807) is 6.07 Å². The molecule has 0 saturated carbocycles. The first-order chi connectivity index (χ1) is 10.9. The fourth-order valence-electron chi connectivity index (χ4n) is 1.57. The van der Waals surface area contributed by atoms with Crippen LogP contribution in [0.5, 0.6) is 0 Å². The summed E-state index contributed by atoms with van der Waals surface area (Å²) in [5.74, 6) is -0.273. The van der Waals surface area contributed by atoms with Gasteiger partial charge in [0.25, 0.3) is 15.2 Å². The van der Waals surface area contributed by atoms with Crippen molar-refractivity contribution in [1.82, 2.24) is 15.0 Å². The summed E-state index contributed by atoms with van der Waals surface area (Å²) in [6.45, 7) is 1.37. The molecular formula is C13H12N4O4S2. The Kier molecular flexibility index (Phi) is 5.40. The first kappa shape index (κ1) is 17.0. The molecule has 0 bridgehead atoms. The molecule has 0 aliphatic heterocycles. The number of hydrogen-bond donors (Lipinski definition) is 1. The minimum Gasteiger partial charge on any atom is -0.293 e. The third-order valence-electron chi connectivity index (χ3n) is 2.55. The van der Waals surface area contributed by atoms with Gasteiger partial charge in [-0.2, -0.15) is 8.42 Å². The first-order valence-corrected chi connectivity index (χ1v) is 8.77. The fraction of sp³-hybridized carbons (Fsp3) is 0.154. The van der Waals surface area contributed by atoms with Crippen molar-refractivity contribution in [3.8, 4) is 0 Å². The van der Waals surface area contributed by atoms with Gasteiger partial charge in [0.05, 0.1) is 5.75 Å². The van der Waals surface area contributed by atoms with Gasteiger partial charge in [0.1, 0.15) is 12.7 Å². The third kappa shape index (κ3) is 4.83. The van der Waals surface area contributed by atoms with Gasteiger partial charge in [0, 0.05) is 18.2 Å². The smallest absolute Gasteiger partial charge is 0.293 e. The molecule has 0 unspecified atom stereocenters. The number of hydrogen-bond acceptors (Lipinski definition) is 8. The van der Waals surface area contributed by atoms with Crippen LogP contribution in [0.25, 0.3) is 0 Å². The highest BCUT2D eigenvalue weighted by Gasteiger charge is 2.18. The zero-order valence-corrected chi connectivity index (χ0v) is 13.6. The molecule has 0 saturated heterocycles. The summed E-state index contributed by atoms with van der Waals surface area (Å²) < 4.78 is 26.5. The van der Waals surface area contributed by atoms with Crippen molar-refractivity contribution in [3.05, 3.63) is 42.5 Å². The molecule has 0 aliphatic rings. The summed E-state index contributed by atoms with van der Waals surface area (Å²) >= 11 is 0.896. The average Bonchev–Trinajstić information content (AvgIpc) is 2.53. The molecule has 0 amide bonds. The minimum absolute atomic E-state index is 0.000990. The second-order valence-corrected chi connectivity index (χ2v) is 7.04. The van der Waals surface area contributed by atoms with E-state index in [1.165, 1.54) is 25.1 Å². The zero-order chi connectivity index (χ0) is 16.9. The molecule has 2 aromatic rings. The van der Waals surface area contributed by atoms with Crippen molar-refractivity contribution in [2.75, 3.05) is 10.5 Å². The molecule has 1 N–H and O–H groups in total. The molecule has 1 heterocycles. The Morgan fingerprint density at radius 2 is 1.91 bits per heavy atom. The molecule has 0 radical (unpaired) electrons. The largest absolute Gasteiger partial charge is 0.297 e. The van der Waals surface area contributed by atoms with Crippen molar-refractivity contribution in [2.24, 2.45) is 0 Å². The van der Waals surface area contributed by atoms with E-state index in [4.69, 9.17) is 0 Å². The number of carbonyl (C=O) groups excluding carboxylic acids is 2. The van der Waals surface area contributed by atoms with Gasteiger partial charge >= 0.3 is 0 Å². The van der Waals surface area contributed by atoms with Crippen molar-refractivity contribution < 1.29 is 18.0 Å². The summed E-state index contributed by atoms with van der Waals surface area (Å²) in [7, 11) is -3.96. The molecule has 120 valence electrons. The van der Waals surface area contributed by atoms with Crippen LogP contribution in [-0.4, -0.2) is 40.0 Å². The standard InChI is InChI=1S/C13H12N4O4S2/c1-9(18)22-6-12(19)10-3-2-4-11(5-10)17-23(20,21)13-15-7-14-8-16-13/h2-5,7-8,17H,6H2,1H3. The van der Waals surface area contributed by atoms with E-state index in [1.807, 2.05) is 0 Å². The molecule has 23 heavy (non-hydrogen) atoms. The molecule has 0 fully saturated rings. The second-order valence-electron chi connectivity index (χ2n) is 4.31. The Morgan fingerprint density at radius 3 is 2.57 bits per heavy atom. The Morgan fingerprint density at radius 1 is 1.22 bits per heavy atom. The fourth-order valence-corrected chi connectivity index (χ4v) is 2.98. The Labute approximate surface area is 136 Å². The van der Waals surface area contributed by atoms with E-state index in [0.29, 0.717) is 5.56 Å². The number of thioether (sulfide) groups is 1. The van der Waals surface area contributed by atoms with Crippen LogP contribution in [0.2, 0.25) is 0 Å². The van der Waals surface area contributed by atoms with Gasteiger partial charge < -0.3 is 0 Å². The molecule has 0 aliphatic carbocycles. The van der Waals surface area contributed by atoms with Gasteiger partial charge in [0.15, 0.2) is 10.9 Å². The quantitative estimate of drug-likeness (QED) is 0.769. The number of nitrogens with zero attached hydrogens (tertiary/aromatic N) is 3. The van der Waals surface area contributed by atoms with Gasteiger partial charge in [-0.1, -0.05) is 23.9 Å². The van der Waals surface area contributed by atoms with E-state index in [9.17, 15) is 18.0 Å². The lowest BCUT2D eigenvalue weighted by Crippen LogP contribution is -2.16. The molecule has 8 nitrogen and oxygen atoms in total. The maximum Gasteiger partial charge on any atom is 0.297 e. The highest BCUT2D eigenvalue weighted by molar-refractivity contribution is 8.14. The highest BCUT2D eigenvalue weighted by atomic mass is 32.2. The predicted molar refractivity (Wildman–Crippen MR) is 84.5 cm³/mol. The van der Waals surface area contributed by atoms with Gasteiger partial charge in [-0.3, -0.25) is 14.3 Å². The summed E-state index contributed by atoms with van der Waals surface area (Å²) in [5.41, 5.74) is 0.499. The van der Waals surface area contributed by atoms with Crippen LogP contribution in [0.4, 0.5) is 5.69 Å². The van der Waals surface area contributed by atoms with Crippen molar-refractivity contribution in [1.29, 1.82) is 0 Å². The Balaban J connectivity index is 2.17. The number of aromatic nitrogens is 3. The van der Waals surface area contributed by atoms with E-state index in [-0.39, 0.29) is 22.3 Å². The third-order valence-corrected chi connectivity index (χ3v) is 4.56. The van der Waals surface area contributed by atoms with Crippen molar-refractivity contribution in [3.63, 3.8) is 0 Å². The van der Waals surface area contributed by atoms with Gasteiger partial charge in [-0.15, -0.1) is 0 Å². The zero-order valence-electron chi connectivity index (χ0n) is 12.0. The highest BCUT2D eigenvalue weighted by Crippen LogP contribution is 2.16. The Bertz CT molecular complexity index is 825. The van der Waals surface area contributed by atoms with Crippen LogP contribution in [0.3, 0.4) is 0 Å². The SMILES string of the molecule is CC(=O)SCC(=O)c1cccc(NS(=O)(=O)c2ncncn2)c1. The monoisotopic (exact) mass is 352 g/mol. The molecule has 2 rings (SSSR count). The number of anilines is 1. The number of Topliss-reactive ketones (excluding diaryl/α,β-unsaturated/α-hetero) is 1. The average molecular weight is 352 g/mol. The molecule has 10 heteroatoms. The second kappa shape index (κ2) is 7.29. The normalized spacial score (nSPS) is 11.0. The first-order valence-electron chi connectivity index (χ1n) is 6.30. The number of ketones is 1. The number of rotatable bonds is 6. The molecular weight excluding hydrogens is 340 g/mol. The van der Waals surface area contributed by atoms with E-state index in [2.05, 4.69) is 19.7 Å². The lowest BCUT2D eigenvalue weighted by molar-refractivity contribution is -0.109. The van der Waals surface area contributed by atoms with Gasteiger partial charge in [0.2, 0.25) is 0 Å². The predicted octanol–water partition coefficient (Wildman–Crippen LogP) is 1.13. The summed E-state index contributed by atoms with van der Waals surface area (Å²) in [5, 5.41) is -0.582. The maximum absolute atomic E-state index is 12.1. The van der Waals surface area contributed by atoms with E-state index >= 15 is 0 Å². The van der Waals surface area contributed by atoms with Gasteiger partial charge in [-0.05, 0) is 12.1 Å². The van der Waals surface area contributed by atoms with Crippen LogP contribution >= 0.6 is 11.8 Å². The topological polar surface area (TPSA) is 119 Å². The Hall–Kier alpha value is -2.33. The molecule has 0 atom stereocenters. The number of carbonyl (C=O) groups is 2. The molecule has 0 spiro atoms. The van der Waals surface area contributed by atoms with E-state index < -0.39 is 15.2 Å². The van der Waals surface area contributed by atoms with Crippen LogP contribution in [0.1, 0.15) is 17.3 Å². The molecule has 1 aromatic carbocycles. The van der Waals surface area contributed by atoms with Crippen LogP contribution < -0.4 is 4.72 Å². The lowest BCUT2D eigenvalue weighted by Gasteiger charge is -2.07. The summed E-state index contributed by atoms with van der Waals surface area (Å²) in [6.07, 6.45) is 2.14. The number of nitrogens with one attached hydrogen (secondary N) is 1. The van der Waals surface area contributed by atoms with Gasteiger partial charge in [-0.25, -0.2) is 15.0 Å². The minimum atomic E-state index is -3.96. The van der Waals surface area contributed by atoms with Crippen LogP contribution in [0.15, 0.2) is 42.1 Å². The summed E-state index contributed by atoms with van der Waals surface area (Å²) in [4.78, 5) is 33.5. The maximum atomic E-state index is 12.1. The van der Waals surface area contributed by atoms with Crippen molar-refractivity contribution in [2.45, 2.75) is 12.1 Å².